The Morgan fingerprint density at radius 3 is 2.50 bits per heavy atom. The van der Waals surface area contributed by atoms with Crippen molar-refractivity contribution in [2.45, 2.75) is 12.7 Å². The zero-order chi connectivity index (χ0) is 10.9. The minimum atomic E-state index is -4.58. The molecule has 1 heterocycles. The number of nitrogens with zero attached hydrogens (tertiary/aromatic N) is 2. The van der Waals surface area contributed by atoms with Crippen LogP contribution in [0.2, 0.25) is 5.15 Å². The fourth-order valence-corrected chi connectivity index (χ4v) is 1.08. The largest absolute Gasteiger partial charge is 0.435 e. The van der Waals surface area contributed by atoms with Gasteiger partial charge in [0.05, 0.1) is 0 Å². The Bertz CT molecular complexity index is 360. The Hall–Kier alpha value is -0.750. The molecule has 0 saturated carbocycles. The lowest BCUT2D eigenvalue weighted by Crippen LogP contribution is -2.10. The highest BCUT2D eigenvalue weighted by Crippen LogP contribution is 2.29. The maximum atomic E-state index is 12.1. The van der Waals surface area contributed by atoms with Gasteiger partial charge in [0.2, 0.25) is 5.24 Å². The molecule has 0 unspecified atom stereocenters. The third-order valence-electron chi connectivity index (χ3n) is 1.30. The number of aromatic nitrogens is 2. The molecule has 0 atom stereocenters. The fraction of sp³-hybridized carbons (Fsp3) is 0.333. The van der Waals surface area contributed by atoms with E-state index < -0.39 is 23.7 Å². The molecule has 0 saturated heterocycles. The number of rotatable bonds is 2. The summed E-state index contributed by atoms with van der Waals surface area (Å²) >= 11 is 10.4. The summed E-state index contributed by atoms with van der Waals surface area (Å²) in [5.41, 5.74) is -1.15. The number of alkyl halides is 3. The standard InChI is InChI=1S/C6H3Cl2F3N2O/c7-4-1-3(6(9,10)11)12-13(4)2-5(8)14/h1H,2H2. The molecule has 78 valence electrons. The van der Waals surface area contributed by atoms with E-state index >= 15 is 0 Å². The van der Waals surface area contributed by atoms with Crippen molar-refractivity contribution < 1.29 is 18.0 Å². The Morgan fingerprint density at radius 2 is 2.14 bits per heavy atom. The van der Waals surface area contributed by atoms with Crippen LogP contribution in [0, 0.1) is 0 Å². The van der Waals surface area contributed by atoms with Crippen molar-refractivity contribution in [3.63, 3.8) is 0 Å². The first-order valence-electron chi connectivity index (χ1n) is 3.29. The molecule has 0 bridgehead atoms. The molecular formula is C6H3Cl2F3N2O. The van der Waals surface area contributed by atoms with E-state index in [2.05, 4.69) is 5.10 Å². The van der Waals surface area contributed by atoms with Crippen molar-refractivity contribution in [3.8, 4) is 0 Å². The minimum absolute atomic E-state index is 0.286. The summed E-state index contributed by atoms with van der Waals surface area (Å²) in [6, 6.07) is 0.626. The maximum Gasteiger partial charge on any atom is 0.435 e. The molecule has 0 fully saturated rings. The second kappa shape index (κ2) is 3.78. The number of carbonyl (C=O) groups is 1. The lowest BCUT2D eigenvalue weighted by molar-refractivity contribution is -0.141. The van der Waals surface area contributed by atoms with E-state index in [9.17, 15) is 18.0 Å². The number of hydrogen-bond donors (Lipinski definition) is 0. The molecule has 1 rings (SSSR count). The molecule has 0 aliphatic rings. The zero-order valence-electron chi connectivity index (χ0n) is 6.48. The molecule has 0 aliphatic heterocycles. The van der Waals surface area contributed by atoms with Gasteiger partial charge in [0, 0.05) is 6.07 Å². The van der Waals surface area contributed by atoms with Crippen molar-refractivity contribution >= 4 is 28.4 Å². The molecule has 0 radical (unpaired) electrons. The van der Waals surface area contributed by atoms with Crippen molar-refractivity contribution in [3.05, 3.63) is 16.9 Å². The van der Waals surface area contributed by atoms with Crippen LogP contribution in [0.25, 0.3) is 0 Å². The van der Waals surface area contributed by atoms with E-state index in [-0.39, 0.29) is 5.15 Å². The van der Waals surface area contributed by atoms with Gasteiger partial charge in [-0.15, -0.1) is 0 Å². The minimum Gasteiger partial charge on any atom is -0.279 e. The van der Waals surface area contributed by atoms with Gasteiger partial charge in [0.15, 0.2) is 5.69 Å². The lowest BCUT2D eigenvalue weighted by Gasteiger charge is -2.00. The third kappa shape index (κ3) is 2.62. The van der Waals surface area contributed by atoms with Crippen molar-refractivity contribution in [1.82, 2.24) is 9.78 Å². The van der Waals surface area contributed by atoms with Crippen LogP contribution in [0.15, 0.2) is 6.07 Å². The van der Waals surface area contributed by atoms with Gasteiger partial charge < -0.3 is 0 Å². The molecular weight excluding hydrogens is 244 g/mol. The summed E-state index contributed by atoms with van der Waals surface area (Å²) in [5.74, 6) is 0. The third-order valence-corrected chi connectivity index (χ3v) is 1.72. The highest BCUT2D eigenvalue weighted by Gasteiger charge is 2.34. The van der Waals surface area contributed by atoms with Crippen LogP contribution in [0.5, 0.6) is 0 Å². The van der Waals surface area contributed by atoms with Crippen molar-refractivity contribution in [2.24, 2.45) is 0 Å². The summed E-state index contributed by atoms with van der Waals surface area (Å²) in [7, 11) is 0. The van der Waals surface area contributed by atoms with Gasteiger partial charge in [-0.1, -0.05) is 11.6 Å². The van der Waals surface area contributed by atoms with E-state index in [4.69, 9.17) is 23.2 Å². The van der Waals surface area contributed by atoms with Crippen LogP contribution in [0.3, 0.4) is 0 Å². The van der Waals surface area contributed by atoms with Crippen LogP contribution < -0.4 is 0 Å². The smallest absolute Gasteiger partial charge is 0.279 e. The first-order valence-corrected chi connectivity index (χ1v) is 4.05. The Labute approximate surface area is 86.4 Å². The highest BCUT2D eigenvalue weighted by atomic mass is 35.5. The molecule has 0 N–H and O–H groups in total. The summed E-state index contributed by atoms with van der Waals surface area (Å²) < 4.78 is 36.9. The fourth-order valence-electron chi connectivity index (χ4n) is 0.761. The average Bonchev–Trinajstić information content (AvgIpc) is 2.30. The van der Waals surface area contributed by atoms with E-state index in [0.29, 0.717) is 10.7 Å². The lowest BCUT2D eigenvalue weighted by atomic mass is 10.4. The van der Waals surface area contributed by atoms with Gasteiger partial charge in [0.25, 0.3) is 0 Å². The number of carbonyl (C=O) groups excluding carboxylic acids is 1. The Morgan fingerprint density at radius 1 is 1.57 bits per heavy atom. The molecule has 3 nitrogen and oxygen atoms in total. The maximum absolute atomic E-state index is 12.1. The molecule has 0 aliphatic carbocycles. The van der Waals surface area contributed by atoms with Gasteiger partial charge in [-0.2, -0.15) is 18.3 Å². The molecule has 1 aromatic heterocycles. The first-order chi connectivity index (χ1) is 6.30. The molecule has 0 spiro atoms. The summed E-state index contributed by atoms with van der Waals surface area (Å²) in [4.78, 5) is 10.4. The molecule has 8 heteroatoms. The topological polar surface area (TPSA) is 34.9 Å². The van der Waals surface area contributed by atoms with E-state index in [1.807, 2.05) is 0 Å². The Kier molecular flexibility index (Phi) is 3.06. The summed E-state index contributed by atoms with van der Waals surface area (Å²) in [6.45, 7) is -0.490. The van der Waals surface area contributed by atoms with Gasteiger partial charge >= 0.3 is 6.18 Å². The van der Waals surface area contributed by atoms with Gasteiger partial charge in [0.1, 0.15) is 11.7 Å². The van der Waals surface area contributed by atoms with Gasteiger partial charge in [-0.05, 0) is 11.6 Å². The molecule has 0 aromatic carbocycles. The highest BCUT2D eigenvalue weighted by molar-refractivity contribution is 6.63. The van der Waals surface area contributed by atoms with Crippen LogP contribution in [0.1, 0.15) is 5.69 Å². The van der Waals surface area contributed by atoms with E-state index in [1.54, 1.807) is 0 Å². The van der Waals surface area contributed by atoms with Crippen molar-refractivity contribution in [1.29, 1.82) is 0 Å². The predicted molar refractivity (Wildman–Crippen MR) is 43.1 cm³/mol. The van der Waals surface area contributed by atoms with Crippen LogP contribution in [0.4, 0.5) is 13.2 Å². The average molecular weight is 247 g/mol. The second-order valence-corrected chi connectivity index (χ2v) is 3.17. The predicted octanol–water partition coefficient (Wildman–Crippen LogP) is 2.32. The molecule has 14 heavy (non-hydrogen) atoms. The molecule has 0 amide bonds. The second-order valence-electron chi connectivity index (χ2n) is 2.36. The van der Waals surface area contributed by atoms with Gasteiger partial charge in [-0.3, -0.25) is 4.79 Å². The normalized spacial score (nSPS) is 11.8. The quantitative estimate of drug-likeness (QED) is 0.751. The van der Waals surface area contributed by atoms with Crippen LogP contribution in [-0.2, 0) is 17.5 Å². The number of halogens is 5. The summed E-state index contributed by atoms with van der Waals surface area (Å²) in [5, 5.41) is 1.95. The van der Waals surface area contributed by atoms with Crippen LogP contribution >= 0.6 is 23.2 Å². The van der Waals surface area contributed by atoms with Gasteiger partial charge in [-0.25, -0.2) is 4.68 Å². The summed E-state index contributed by atoms with van der Waals surface area (Å²) in [6.07, 6.45) is -4.58. The van der Waals surface area contributed by atoms with E-state index in [1.165, 1.54) is 0 Å². The Balaban J connectivity index is 2.99. The first kappa shape index (κ1) is 11.3. The van der Waals surface area contributed by atoms with Crippen molar-refractivity contribution in [2.75, 3.05) is 0 Å². The van der Waals surface area contributed by atoms with E-state index in [0.717, 1.165) is 0 Å². The molecule has 1 aromatic rings. The van der Waals surface area contributed by atoms with Crippen LogP contribution in [-0.4, -0.2) is 15.0 Å². The monoisotopic (exact) mass is 246 g/mol. The SMILES string of the molecule is O=C(Cl)Cn1nc(C(F)(F)F)cc1Cl. The number of hydrogen-bond acceptors (Lipinski definition) is 2. The zero-order valence-corrected chi connectivity index (χ0v) is 7.99.